The summed E-state index contributed by atoms with van der Waals surface area (Å²) < 4.78 is 11.8. The van der Waals surface area contributed by atoms with Crippen molar-refractivity contribution in [2.24, 2.45) is 17.8 Å². The van der Waals surface area contributed by atoms with Crippen molar-refractivity contribution in [1.29, 1.82) is 0 Å². The molecule has 6 atom stereocenters. The number of nitrogens with zero attached hydrogens (tertiary/aromatic N) is 1. The SMILES string of the molecule is CCCCNC(=O)C1N(CCCO)C(=O)[C@@H]2[C@H](C(=O)OCC)[C@@]3(C)OC12CC3C. The molecule has 3 rings (SSSR count). The fourth-order valence-corrected chi connectivity index (χ4v) is 5.60. The monoisotopic (exact) mass is 410 g/mol. The summed E-state index contributed by atoms with van der Waals surface area (Å²) in [4.78, 5) is 41.1. The number of hydrogen-bond donors (Lipinski definition) is 2. The van der Waals surface area contributed by atoms with Crippen LogP contribution in [-0.2, 0) is 23.9 Å². The minimum Gasteiger partial charge on any atom is -0.466 e. The number of aliphatic hydroxyl groups is 1. The molecule has 3 aliphatic rings. The van der Waals surface area contributed by atoms with E-state index in [1.165, 1.54) is 4.90 Å². The van der Waals surface area contributed by atoms with Crippen molar-refractivity contribution in [2.45, 2.75) is 70.6 Å². The van der Waals surface area contributed by atoms with Crippen molar-refractivity contribution < 1.29 is 29.0 Å². The zero-order valence-electron chi connectivity index (χ0n) is 17.9. The number of carbonyl (C=O) groups excluding carboxylic acids is 3. The smallest absolute Gasteiger partial charge is 0.312 e. The third-order valence-corrected chi connectivity index (χ3v) is 6.99. The molecule has 164 valence electrons. The molecule has 2 bridgehead atoms. The lowest BCUT2D eigenvalue weighted by Gasteiger charge is -2.35. The first kappa shape index (κ1) is 22.0. The molecule has 0 aromatic carbocycles. The molecular weight excluding hydrogens is 376 g/mol. The molecular formula is C21H34N2O6. The normalized spacial score (nSPS) is 37.7. The lowest BCUT2D eigenvalue weighted by Crippen LogP contribution is -2.55. The van der Waals surface area contributed by atoms with Gasteiger partial charge in [0.15, 0.2) is 0 Å². The number of aliphatic hydroxyl groups excluding tert-OH is 1. The van der Waals surface area contributed by atoms with Crippen LogP contribution in [0, 0.1) is 17.8 Å². The van der Waals surface area contributed by atoms with Gasteiger partial charge >= 0.3 is 5.97 Å². The number of carbonyl (C=O) groups is 3. The van der Waals surface area contributed by atoms with Crippen LogP contribution in [0.3, 0.4) is 0 Å². The molecule has 2 N–H and O–H groups in total. The largest absolute Gasteiger partial charge is 0.466 e. The van der Waals surface area contributed by atoms with Crippen LogP contribution in [0.25, 0.3) is 0 Å². The maximum atomic E-state index is 13.5. The third kappa shape index (κ3) is 3.24. The molecule has 3 aliphatic heterocycles. The van der Waals surface area contributed by atoms with Crippen LogP contribution in [0.2, 0.25) is 0 Å². The number of hydrogen-bond acceptors (Lipinski definition) is 6. The number of amides is 2. The van der Waals surface area contributed by atoms with Crippen LogP contribution in [0.5, 0.6) is 0 Å². The summed E-state index contributed by atoms with van der Waals surface area (Å²) in [6, 6.07) is -0.799. The van der Waals surface area contributed by atoms with Gasteiger partial charge in [-0.15, -0.1) is 0 Å². The predicted octanol–water partition coefficient (Wildman–Crippen LogP) is 0.859. The average Bonchev–Trinajstić information content (AvgIpc) is 3.17. The minimum absolute atomic E-state index is 0.00434. The molecule has 3 fully saturated rings. The highest BCUT2D eigenvalue weighted by Gasteiger charge is 2.80. The molecule has 0 aromatic rings. The summed E-state index contributed by atoms with van der Waals surface area (Å²) in [6.07, 6.45) is 2.70. The molecule has 0 saturated carbocycles. The number of fused-ring (bicyclic) bond motifs is 1. The van der Waals surface area contributed by atoms with E-state index in [9.17, 15) is 19.5 Å². The van der Waals surface area contributed by atoms with E-state index in [2.05, 4.69) is 5.32 Å². The maximum Gasteiger partial charge on any atom is 0.312 e. The van der Waals surface area contributed by atoms with Crippen LogP contribution in [0.4, 0.5) is 0 Å². The first-order chi connectivity index (χ1) is 13.8. The second kappa shape index (κ2) is 8.22. The number of esters is 1. The predicted molar refractivity (Wildman–Crippen MR) is 105 cm³/mol. The van der Waals surface area contributed by atoms with E-state index in [4.69, 9.17) is 9.47 Å². The second-order valence-corrected chi connectivity index (χ2v) is 8.71. The molecule has 2 amide bonds. The summed E-state index contributed by atoms with van der Waals surface area (Å²) in [7, 11) is 0. The number of ether oxygens (including phenoxy) is 2. The summed E-state index contributed by atoms with van der Waals surface area (Å²) in [5, 5.41) is 12.2. The number of nitrogens with one attached hydrogen (secondary N) is 1. The first-order valence-corrected chi connectivity index (χ1v) is 10.8. The highest BCUT2D eigenvalue weighted by Crippen LogP contribution is 2.65. The second-order valence-electron chi connectivity index (χ2n) is 8.71. The standard InChI is InChI=1S/C21H34N2O6/c1-5-7-9-22-17(25)16-21-12-13(3)20(4,29-21)15(19(27)28-6-2)14(21)18(26)23(16)10-8-11-24/h13-16,24H,5-12H2,1-4H3,(H,22,25)/t13?,14-,15+,16?,20-,21?/m0/s1. The van der Waals surface area contributed by atoms with Crippen molar-refractivity contribution in [3.8, 4) is 0 Å². The van der Waals surface area contributed by atoms with Crippen molar-refractivity contribution in [3.05, 3.63) is 0 Å². The summed E-state index contributed by atoms with van der Waals surface area (Å²) >= 11 is 0. The molecule has 0 aromatic heterocycles. The van der Waals surface area contributed by atoms with Gasteiger partial charge in [-0.25, -0.2) is 0 Å². The van der Waals surface area contributed by atoms with Crippen molar-refractivity contribution in [2.75, 3.05) is 26.3 Å². The van der Waals surface area contributed by atoms with Gasteiger partial charge in [0, 0.05) is 19.7 Å². The van der Waals surface area contributed by atoms with Crippen LogP contribution < -0.4 is 5.32 Å². The fourth-order valence-electron chi connectivity index (χ4n) is 5.60. The van der Waals surface area contributed by atoms with Gasteiger partial charge in [-0.05, 0) is 39.0 Å². The van der Waals surface area contributed by atoms with Crippen molar-refractivity contribution in [1.82, 2.24) is 10.2 Å². The lowest BCUT2D eigenvalue weighted by atomic mass is 9.62. The highest BCUT2D eigenvalue weighted by atomic mass is 16.6. The molecule has 8 nitrogen and oxygen atoms in total. The lowest BCUT2D eigenvalue weighted by molar-refractivity contribution is -0.161. The molecule has 29 heavy (non-hydrogen) atoms. The summed E-state index contributed by atoms with van der Waals surface area (Å²) in [5.74, 6) is -2.39. The maximum absolute atomic E-state index is 13.5. The highest BCUT2D eigenvalue weighted by molar-refractivity contribution is 5.98. The topological polar surface area (TPSA) is 105 Å². The van der Waals surface area contributed by atoms with Crippen LogP contribution in [0.1, 0.15) is 53.4 Å². The molecule has 1 spiro atoms. The van der Waals surface area contributed by atoms with E-state index < -0.39 is 35.0 Å². The van der Waals surface area contributed by atoms with Gasteiger partial charge in [-0.3, -0.25) is 14.4 Å². The Kier molecular flexibility index (Phi) is 6.24. The van der Waals surface area contributed by atoms with E-state index in [1.807, 2.05) is 20.8 Å². The molecule has 0 aliphatic carbocycles. The van der Waals surface area contributed by atoms with E-state index in [0.29, 0.717) is 19.4 Å². The van der Waals surface area contributed by atoms with Gasteiger partial charge in [0.2, 0.25) is 11.8 Å². The Morgan fingerprint density at radius 2 is 2.07 bits per heavy atom. The average molecular weight is 411 g/mol. The zero-order chi connectivity index (χ0) is 21.4. The minimum atomic E-state index is -1.03. The molecule has 3 saturated heterocycles. The van der Waals surface area contributed by atoms with Crippen LogP contribution >= 0.6 is 0 Å². The molecule has 3 unspecified atom stereocenters. The van der Waals surface area contributed by atoms with Gasteiger partial charge in [-0.2, -0.15) is 0 Å². The van der Waals surface area contributed by atoms with Crippen molar-refractivity contribution in [3.63, 3.8) is 0 Å². The van der Waals surface area contributed by atoms with Gasteiger partial charge in [0.05, 0.1) is 18.1 Å². The Morgan fingerprint density at radius 3 is 2.69 bits per heavy atom. The van der Waals surface area contributed by atoms with Crippen LogP contribution in [0.15, 0.2) is 0 Å². The summed E-state index contributed by atoms with van der Waals surface area (Å²) in [6.45, 7) is 8.58. The Labute approximate surface area is 172 Å². The van der Waals surface area contributed by atoms with E-state index in [1.54, 1.807) is 6.92 Å². The van der Waals surface area contributed by atoms with Gasteiger partial charge in [-0.1, -0.05) is 20.3 Å². The summed E-state index contributed by atoms with van der Waals surface area (Å²) in [5.41, 5.74) is -1.87. The Bertz CT molecular complexity index is 670. The number of likely N-dealkylation sites (tertiary alicyclic amines) is 1. The van der Waals surface area contributed by atoms with E-state index >= 15 is 0 Å². The quantitative estimate of drug-likeness (QED) is 0.431. The van der Waals surface area contributed by atoms with Gasteiger partial charge < -0.3 is 24.8 Å². The molecule has 3 heterocycles. The molecule has 8 heteroatoms. The zero-order valence-corrected chi connectivity index (χ0v) is 17.9. The third-order valence-electron chi connectivity index (χ3n) is 6.99. The first-order valence-electron chi connectivity index (χ1n) is 10.8. The number of unbranched alkanes of at least 4 members (excludes halogenated alkanes) is 1. The Balaban J connectivity index is 2.00. The Morgan fingerprint density at radius 1 is 1.34 bits per heavy atom. The van der Waals surface area contributed by atoms with E-state index in [-0.39, 0.29) is 37.5 Å². The van der Waals surface area contributed by atoms with Crippen molar-refractivity contribution >= 4 is 17.8 Å². The number of rotatable bonds is 9. The Hall–Kier alpha value is -1.67. The molecule has 0 radical (unpaired) electrons. The van der Waals surface area contributed by atoms with Gasteiger partial charge in [0.25, 0.3) is 0 Å². The van der Waals surface area contributed by atoms with Gasteiger partial charge in [0.1, 0.15) is 17.6 Å². The fraction of sp³-hybridized carbons (Fsp3) is 0.857. The van der Waals surface area contributed by atoms with E-state index in [0.717, 1.165) is 12.8 Å². The van der Waals surface area contributed by atoms with Crippen LogP contribution in [-0.4, -0.2) is 71.3 Å².